The molecule has 0 unspecified atom stereocenters. The van der Waals surface area contributed by atoms with Crippen LogP contribution in [0.25, 0.3) is 0 Å². The van der Waals surface area contributed by atoms with E-state index in [0.717, 1.165) is 25.0 Å². The summed E-state index contributed by atoms with van der Waals surface area (Å²) in [7, 11) is 1.68. The Morgan fingerprint density at radius 2 is 1.60 bits per heavy atom. The zero-order valence-electron chi connectivity index (χ0n) is 25.0. The van der Waals surface area contributed by atoms with Crippen LogP contribution in [0.15, 0.2) is 29.2 Å². The molecule has 3 rings (SSSR count). The van der Waals surface area contributed by atoms with Crippen molar-refractivity contribution in [3.05, 3.63) is 63.1 Å². The van der Waals surface area contributed by atoms with Gasteiger partial charge in [-0.3, -0.25) is 24.1 Å². The molecule has 0 saturated heterocycles. The van der Waals surface area contributed by atoms with E-state index in [4.69, 9.17) is 4.74 Å². The number of Topliss-reactive ketones (excluding diaryl/α,β-unsaturated/α-hetero) is 1. The molecule has 0 aliphatic carbocycles. The fourth-order valence-electron chi connectivity index (χ4n) is 5.22. The van der Waals surface area contributed by atoms with E-state index in [2.05, 4.69) is 6.92 Å². The first kappa shape index (κ1) is 33.2. The molecule has 0 bridgehead atoms. The second kappa shape index (κ2) is 17.0. The van der Waals surface area contributed by atoms with E-state index >= 15 is 0 Å². The van der Waals surface area contributed by atoms with Crippen LogP contribution in [0.1, 0.15) is 110 Å². The minimum Gasteiger partial charge on any atom is -0.502 e. The Hall–Kier alpha value is -3.27. The number of fused-ring (bicyclic) bond motifs is 1. The number of ketones is 1. The third-order valence-electron chi connectivity index (χ3n) is 7.69. The summed E-state index contributed by atoms with van der Waals surface area (Å²) in [4.78, 5) is 40.3. The van der Waals surface area contributed by atoms with E-state index in [1.54, 1.807) is 12.1 Å². The van der Waals surface area contributed by atoms with E-state index in [1.165, 1.54) is 73.2 Å². The van der Waals surface area contributed by atoms with Crippen molar-refractivity contribution in [2.75, 3.05) is 38.5 Å². The number of carbonyl (C=O) groups excluding carboxylic acids is 2. The van der Waals surface area contributed by atoms with Crippen LogP contribution in [0.2, 0.25) is 0 Å². The Morgan fingerprint density at radius 3 is 2.26 bits per heavy atom. The van der Waals surface area contributed by atoms with Crippen LogP contribution in [0, 0.1) is 11.6 Å². The number of hydrogen-bond donors (Lipinski definition) is 1. The first-order chi connectivity index (χ1) is 20.2. The smallest absolute Gasteiger partial charge is 0.277 e. The Labute approximate surface area is 247 Å². The molecule has 0 radical (unpaired) electrons. The zero-order chi connectivity index (χ0) is 30.5. The van der Waals surface area contributed by atoms with Crippen LogP contribution < -0.4 is 10.4 Å². The Bertz CT molecular complexity index is 1250. The van der Waals surface area contributed by atoms with Crippen LogP contribution in [0.5, 0.6) is 5.75 Å². The molecule has 1 aromatic carbocycles. The van der Waals surface area contributed by atoms with Crippen LogP contribution in [-0.4, -0.2) is 59.8 Å². The normalized spacial score (nSPS) is 13.1. The first-order valence-electron chi connectivity index (χ1n) is 15.3. The lowest BCUT2D eigenvalue weighted by Gasteiger charge is -2.37. The molecule has 1 N–H and O–H groups in total. The largest absolute Gasteiger partial charge is 0.502 e. The van der Waals surface area contributed by atoms with E-state index in [1.807, 2.05) is 0 Å². The highest BCUT2D eigenvalue weighted by Gasteiger charge is 2.32. The van der Waals surface area contributed by atoms with Gasteiger partial charge in [0.2, 0.25) is 5.43 Å². The molecule has 232 valence electrons. The molecule has 8 nitrogen and oxygen atoms in total. The van der Waals surface area contributed by atoms with Gasteiger partial charge in [0, 0.05) is 45.5 Å². The van der Waals surface area contributed by atoms with Gasteiger partial charge in [0.05, 0.1) is 5.56 Å². The lowest BCUT2D eigenvalue weighted by Crippen LogP contribution is -2.53. The minimum atomic E-state index is -0.950. The summed E-state index contributed by atoms with van der Waals surface area (Å²) >= 11 is 0. The minimum absolute atomic E-state index is 0.0449. The van der Waals surface area contributed by atoms with Crippen molar-refractivity contribution < 1.29 is 28.2 Å². The monoisotopic (exact) mass is 589 g/mol. The van der Waals surface area contributed by atoms with Gasteiger partial charge >= 0.3 is 0 Å². The number of carbonyl (C=O) groups is 2. The third-order valence-corrected chi connectivity index (χ3v) is 7.69. The Balaban J connectivity index is 1.44. The molecule has 2 heterocycles. The standard InChI is InChI=1S/C32H45F2N3O5/c1-3-4-5-6-7-8-9-10-11-12-19-42-20-13-18-36-23-35(2)37-22-26(30(39)31(40)29(37)32(36)41)28(38)17-15-24-14-16-25(33)21-27(24)34/h14,16,21-22,40H,3-13,15,17-20,23H2,1-2H3. The van der Waals surface area contributed by atoms with Crippen molar-refractivity contribution in [3.63, 3.8) is 0 Å². The number of hydrogen-bond acceptors (Lipinski definition) is 6. The predicted octanol–water partition coefficient (Wildman–Crippen LogP) is 5.96. The number of pyridine rings is 1. The van der Waals surface area contributed by atoms with Gasteiger partial charge in [0.25, 0.3) is 5.91 Å². The number of rotatable bonds is 19. The summed E-state index contributed by atoms with van der Waals surface area (Å²) in [6, 6.07) is 3.08. The summed E-state index contributed by atoms with van der Waals surface area (Å²) in [6.07, 6.45) is 14.2. The summed E-state index contributed by atoms with van der Waals surface area (Å²) < 4.78 is 34.2. The van der Waals surface area contributed by atoms with E-state index < -0.39 is 34.5 Å². The van der Waals surface area contributed by atoms with Gasteiger partial charge in [0.15, 0.2) is 17.2 Å². The number of aromatic hydroxyl groups is 1. The molecule has 0 fully saturated rings. The SMILES string of the molecule is CCCCCCCCCCCCOCCCN1CN(C)n2cc(C(=O)CCc3ccc(F)cc3F)c(=O)c(O)c2C1=O. The van der Waals surface area contributed by atoms with Gasteiger partial charge in [-0.1, -0.05) is 70.8 Å². The number of amides is 1. The predicted molar refractivity (Wildman–Crippen MR) is 159 cm³/mol. The highest BCUT2D eigenvalue weighted by atomic mass is 19.1. The number of nitrogens with zero attached hydrogens (tertiary/aromatic N) is 3. The molecule has 1 amide bonds. The van der Waals surface area contributed by atoms with Crippen molar-refractivity contribution in [2.45, 2.75) is 90.4 Å². The quantitative estimate of drug-likeness (QED) is 0.161. The van der Waals surface area contributed by atoms with Crippen LogP contribution >= 0.6 is 0 Å². The van der Waals surface area contributed by atoms with Crippen LogP contribution in [-0.2, 0) is 11.2 Å². The van der Waals surface area contributed by atoms with Crippen LogP contribution in [0.4, 0.5) is 8.78 Å². The highest BCUT2D eigenvalue weighted by Crippen LogP contribution is 2.22. The molecule has 1 aliphatic heterocycles. The number of benzene rings is 1. The first-order valence-corrected chi connectivity index (χ1v) is 15.3. The van der Waals surface area contributed by atoms with E-state index in [0.29, 0.717) is 26.2 Å². The molecular weight excluding hydrogens is 544 g/mol. The van der Waals surface area contributed by atoms with E-state index in [-0.39, 0.29) is 36.3 Å². The molecule has 0 spiro atoms. The zero-order valence-corrected chi connectivity index (χ0v) is 25.0. The molecule has 0 saturated carbocycles. The number of ether oxygens (including phenoxy) is 1. The lowest BCUT2D eigenvalue weighted by molar-refractivity contribution is 0.0654. The maximum Gasteiger partial charge on any atom is 0.277 e. The molecule has 10 heteroatoms. The van der Waals surface area contributed by atoms with Gasteiger partial charge in [-0.25, -0.2) is 8.78 Å². The average Bonchev–Trinajstić information content (AvgIpc) is 2.96. The van der Waals surface area contributed by atoms with Gasteiger partial charge in [0.1, 0.15) is 18.3 Å². The van der Waals surface area contributed by atoms with Gasteiger partial charge in [-0.05, 0) is 30.9 Å². The summed E-state index contributed by atoms with van der Waals surface area (Å²) in [5.74, 6) is -3.42. The number of aromatic nitrogens is 1. The van der Waals surface area contributed by atoms with Crippen molar-refractivity contribution in [2.24, 2.45) is 0 Å². The molecule has 42 heavy (non-hydrogen) atoms. The van der Waals surface area contributed by atoms with Crippen molar-refractivity contribution >= 4 is 11.7 Å². The van der Waals surface area contributed by atoms with Gasteiger partial charge < -0.3 is 14.7 Å². The molecule has 2 aromatic rings. The molecule has 1 aliphatic rings. The fraction of sp³-hybridized carbons (Fsp3) is 0.594. The lowest BCUT2D eigenvalue weighted by atomic mass is 10.0. The Morgan fingerprint density at radius 1 is 0.952 bits per heavy atom. The third kappa shape index (κ3) is 9.37. The topological polar surface area (TPSA) is 92.1 Å². The second-order valence-corrected chi connectivity index (χ2v) is 11.1. The average molecular weight is 590 g/mol. The van der Waals surface area contributed by atoms with Gasteiger partial charge in [-0.2, -0.15) is 0 Å². The fourth-order valence-corrected chi connectivity index (χ4v) is 5.22. The van der Waals surface area contributed by atoms with Crippen molar-refractivity contribution in [1.29, 1.82) is 0 Å². The van der Waals surface area contributed by atoms with Crippen molar-refractivity contribution in [1.82, 2.24) is 9.58 Å². The number of aryl methyl sites for hydroxylation is 1. The van der Waals surface area contributed by atoms with E-state index in [9.17, 15) is 28.3 Å². The summed E-state index contributed by atoms with van der Waals surface area (Å²) in [6.45, 7) is 4.01. The van der Waals surface area contributed by atoms with Crippen LogP contribution in [0.3, 0.4) is 0 Å². The second-order valence-electron chi connectivity index (χ2n) is 11.1. The summed E-state index contributed by atoms with van der Waals surface area (Å²) in [5.41, 5.74) is -1.31. The molecule has 0 atom stereocenters. The molecule has 1 aromatic heterocycles. The van der Waals surface area contributed by atoms with Gasteiger partial charge in [-0.15, -0.1) is 0 Å². The Kier molecular flexibility index (Phi) is 13.4. The number of unbranched alkanes of at least 4 members (excludes halogenated alkanes) is 9. The maximum absolute atomic E-state index is 13.9. The maximum atomic E-state index is 13.9. The number of halogens is 2. The van der Waals surface area contributed by atoms with Crippen molar-refractivity contribution in [3.8, 4) is 5.75 Å². The molecular formula is C32H45F2N3O5. The summed E-state index contributed by atoms with van der Waals surface area (Å²) in [5, 5.41) is 12.3. The highest BCUT2D eigenvalue weighted by molar-refractivity contribution is 6.00.